The number of ether oxygens (including phenoxy) is 3. The van der Waals surface area contributed by atoms with E-state index in [1.54, 1.807) is 78.9 Å². The Labute approximate surface area is 308 Å². The molecule has 1 unspecified atom stereocenters. The van der Waals surface area contributed by atoms with E-state index >= 15 is 0 Å². The minimum Gasteiger partial charge on any atom is -0.403 e. The average Bonchev–Trinajstić information content (AvgIpc) is 3.17. The Morgan fingerprint density at radius 1 is 0.642 bits per heavy atom. The van der Waals surface area contributed by atoms with Gasteiger partial charge in [0.2, 0.25) is 11.8 Å². The van der Waals surface area contributed by atoms with Crippen molar-refractivity contribution >= 4 is 28.2 Å². The third-order valence-corrected chi connectivity index (χ3v) is 12.0. The number of aromatic nitrogens is 2. The monoisotopic (exact) mass is 743 g/mol. The van der Waals surface area contributed by atoms with Crippen LogP contribution in [0.1, 0.15) is 69.1 Å². The molecular formula is C40H39F2N3O7S. The number of nitrogens with one attached hydrogen (secondary N) is 1. The first-order valence-corrected chi connectivity index (χ1v) is 19.0. The van der Waals surface area contributed by atoms with Gasteiger partial charge >= 0.3 is 23.9 Å². The summed E-state index contributed by atoms with van der Waals surface area (Å²) in [7, 11) is -1.81. The van der Waals surface area contributed by atoms with Crippen LogP contribution in [0.15, 0.2) is 109 Å². The normalized spacial score (nSPS) is 12.1. The Bertz CT molecular complexity index is 1910. The summed E-state index contributed by atoms with van der Waals surface area (Å²) >= 11 is 0. The zero-order chi connectivity index (χ0) is 37.8. The lowest BCUT2D eigenvalue weighted by Gasteiger charge is -2.40. The van der Waals surface area contributed by atoms with Crippen molar-refractivity contribution in [1.29, 1.82) is 0 Å². The lowest BCUT2D eigenvalue weighted by molar-refractivity contribution is 0.0694. The van der Waals surface area contributed by atoms with E-state index in [0.29, 0.717) is 22.8 Å². The van der Waals surface area contributed by atoms with Crippen LogP contribution in [0.25, 0.3) is 0 Å². The van der Waals surface area contributed by atoms with Crippen LogP contribution in [0.2, 0.25) is 0 Å². The van der Waals surface area contributed by atoms with E-state index in [0.717, 1.165) is 6.07 Å². The Hall–Kier alpha value is -5.50. The summed E-state index contributed by atoms with van der Waals surface area (Å²) in [6.45, 7) is 5.98. The lowest BCUT2D eigenvalue weighted by atomic mass is 10.1. The molecule has 0 radical (unpaired) electrons. The van der Waals surface area contributed by atoms with Gasteiger partial charge in [0.25, 0.3) is 0 Å². The van der Waals surface area contributed by atoms with Gasteiger partial charge in [0.15, 0.2) is 0 Å². The van der Waals surface area contributed by atoms with Gasteiger partial charge in [-0.2, -0.15) is 9.97 Å². The number of carbonyl (C=O) groups is 3. The molecule has 13 heteroatoms. The van der Waals surface area contributed by atoms with Gasteiger partial charge < -0.3 is 23.7 Å². The number of benzene rings is 4. The highest BCUT2D eigenvalue weighted by Crippen LogP contribution is 2.53. The number of hydrogen-bond donors (Lipinski definition) is 1. The summed E-state index contributed by atoms with van der Waals surface area (Å²) < 4.78 is 52.4. The molecule has 10 nitrogen and oxygen atoms in total. The third-order valence-electron chi connectivity index (χ3n) is 8.25. The molecular weight excluding hydrogens is 705 g/mol. The van der Waals surface area contributed by atoms with Crippen LogP contribution < -0.4 is 19.5 Å². The quantitative estimate of drug-likeness (QED) is 0.0993. The first kappa shape index (κ1) is 38.7. The molecule has 276 valence electrons. The number of nitrogens with zero attached hydrogens (tertiary/aromatic N) is 2. The summed E-state index contributed by atoms with van der Waals surface area (Å²) in [5.74, 6) is -2.74. The number of carbonyl (C=O) groups excluding carboxylic acids is 3. The zero-order valence-corrected chi connectivity index (χ0v) is 30.2. The van der Waals surface area contributed by atoms with Gasteiger partial charge in [-0.3, -0.25) is 0 Å². The van der Waals surface area contributed by atoms with Gasteiger partial charge in [0, 0.05) is 19.2 Å². The van der Waals surface area contributed by atoms with Crippen LogP contribution in [0.3, 0.4) is 0 Å². The molecule has 5 aromatic rings. The molecule has 0 spiro atoms. The van der Waals surface area contributed by atoms with Gasteiger partial charge in [-0.1, -0.05) is 75.4 Å². The minimum absolute atomic E-state index is 0.0210. The number of hydrogen-bond acceptors (Lipinski definition) is 10. The molecule has 0 saturated carbocycles. The van der Waals surface area contributed by atoms with Crippen LogP contribution in [0.5, 0.6) is 17.8 Å². The third kappa shape index (κ3) is 10.3. The number of esters is 3. The van der Waals surface area contributed by atoms with E-state index in [9.17, 15) is 23.2 Å². The van der Waals surface area contributed by atoms with Crippen molar-refractivity contribution in [3.63, 3.8) is 0 Å². The highest BCUT2D eigenvalue weighted by atomic mass is 32.3. The standard InChI is InChI=1S/C40H39F2N3O7S/c1-4-53(5-2,6-3)52-33(26-43-25-27-22-31(41)24-32(42)23-27)34-35(49-37(46)28-16-10-7-11-17-28)44-40(51-39(48)30-20-14-9-15-21-30)45-36(34)50-38(47)29-18-12-8-13-19-29/h7-24,33,43H,4-6,25-26H2,1-3H3. The first-order chi connectivity index (χ1) is 25.6. The molecule has 0 amide bonds. The van der Waals surface area contributed by atoms with E-state index in [-0.39, 0.29) is 47.1 Å². The fraction of sp³-hybridized carbons (Fsp3) is 0.225. The molecule has 0 aliphatic carbocycles. The van der Waals surface area contributed by atoms with Gasteiger partial charge in [-0.25, -0.2) is 23.2 Å². The Kier molecular flexibility index (Phi) is 13.4. The molecule has 0 bridgehead atoms. The molecule has 1 atom stereocenters. The van der Waals surface area contributed by atoms with Crippen molar-refractivity contribution < 1.29 is 41.6 Å². The topological polar surface area (TPSA) is 126 Å². The molecule has 1 N–H and O–H groups in total. The van der Waals surface area contributed by atoms with Gasteiger partial charge in [0.1, 0.15) is 23.3 Å². The van der Waals surface area contributed by atoms with E-state index in [1.807, 2.05) is 20.8 Å². The molecule has 53 heavy (non-hydrogen) atoms. The molecule has 1 heterocycles. The molecule has 1 aromatic heterocycles. The van der Waals surface area contributed by atoms with Crippen molar-refractivity contribution in [2.45, 2.75) is 33.4 Å². The second-order valence-corrected chi connectivity index (χ2v) is 15.5. The summed E-state index contributed by atoms with van der Waals surface area (Å²) in [5, 5.41) is 3.18. The highest BCUT2D eigenvalue weighted by molar-refractivity contribution is 8.29. The predicted molar refractivity (Wildman–Crippen MR) is 197 cm³/mol. The second kappa shape index (κ2) is 18.3. The smallest absolute Gasteiger partial charge is 0.345 e. The lowest BCUT2D eigenvalue weighted by Crippen LogP contribution is -2.28. The largest absolute Gasteiger partial charge is 0.403 e. The van der Waals surface area contributed by atoms with Crippen LogP contribution in [-0.4, -0.2) is 51.7 Å². The van der Waals surface area contributed by atoms with E-state index in [4.69, 9.17) is 18.4 Å². The van der Waals surface area contributed by atoms with E-state index in [1.165, 1.54) is 24.3 Å². The Morgan fingerprint density at radius 3 is 1.47 bits per heavy atom. The Morgan fingerprint density at radius 2 is 1.06 bits per heavy atom. The fourth-order valence-corrected chi connectivity index (χ4v) is 7.64. The molecule has 0 aliphatic heterocycles. The van der Waals surface area contributed by atoms with Crippen molar-refractivity contribution in [3.8, 4) is 17.8 Å². The summed E-state index contributed by atoms with van der Waals surface area (Å²) in [6, 6.07) is 27.0. The van der Waals surface area contributed by atoms with Gasteiger partial charge in [-0.15, -0.1) is 10.3 Å². The Balaban J connectivity index is 1.66. The van der Waals surface area contributed by atoms with Crippen LogP contribution >= 0.6 is 10.3 Å². The fourth-order valence-electron chi connectivity index (χ4n) is 5.35. The first-order valence-electron chi connectivity index (χ1n) is 17.0. The van der Waals surface area contributed by atoms with Crippen molar-refractivity contribution in [3.05, 3.63) is 149 Å². The summed E-state index contributed by atoms with van der Waals surface area (Å²) in [5.41, 5.74) is 0.854. The van der Waals surface area contributed by atoms with Crippen LogP contribution in [0.4, 0.5) is 8.78 Å². The molecule has 4 aromatic carbocycles. The van der Waals surface area contributed by atoms with E-state index < -0.39 is 52.0 Å². The van der Waals surface area contributed by atoms with Crippen molar-refractivity contribution in [1.82, 2.24) is 15.3 Å². The predicted octanol–water partition coefficient (Wildman–Crippen LogP) is 8.04. The van der Waals surface area contributed by atoms with Crippen molar-refractivity contribution in [2.75, 3.05) is 23.8 Å². The maximum absolute atomic E-state index is 14.1. The zero-order valence-electron chi connectivity index (χ0n) is 29.4. The average molecular weight is 744 g/mol. The maximum Gasteiger partial charge on any atom is 0.345 e. The SMILES string of the molecule is CCS(CC)(CC)OC(CNCc1cc(F)cc(F)c1)c1c(OC(=O)c2ccccc2)nc(OC(=O)c2ccccc2)nc1OC(=O)c1ccccc1. The number of halogens is 2. The van der Waals surface area contributed by atoms with E-state index in [2.05, 4.69) is 15.3 Å². The molecule has 0 aliphatic rings. The van der Waals surface area contributed by atoms with Crippen molar-refractivity contribution in [2.24, 2.45) is 0 Å². The molecule has 5 rings (SSSR count). The second-order valence-electron chi connectivity index (χ2n) is 11.6. The highest BCUT2D eigenvalue weighted by Gasteiger charge is 2.34. The maximum atomic E-state index is 14.1. The minimum atomic E-state index is -1.81. The number of rotatable bonds is 16. The summed E-state index contributed by atoms with van der Waals surface area (Å²) in [4.78, 5) is 49.1. The summed E-state index contributed by atoms with van der Waals surface area (Å²) in [6.07, 6.45) is -1.06. The van der Waals surface area contributed by atoms with Gasteiger partial charge in [0.05, 0.1) is 16.7 Å². The van der Waals surface area contributed by atoms with Crippen LogP contribution in [0, 0.1) is 11.6 Å². The van der Waals surface area contributed by atoms with Gasteiger partial charge in [-0.05, 0) is 71.4 Å². The molecule has 0 saturated heterocycles. The van der Waals surface area contributed by atoms with Crippen LogP contribution in [-0.2, 0) is 10.7 Å². The molecule has 0 fully saturated rings.